The number of halogens is 1. The van der Waals surface area contributed by atoms with Crippen molar-refractivity contribution in [1.82, 2.24) is 0 Å². The van der Waals surface area contributed by atoms with Gasteiger partial charge in [-0.3, -0.25) is 0 Å². The smallest absolute Gasteiger partial charge is 0.147 e. The summed E-state index contributed by atoms with van der Waals surface area (Å²) in [4.78, 5) is 0. The topological polar surface area (TPSA) is 60.2 Å². The van der Waals surface area contributed by atoms with Crippen molar-refractivity contribution in [2.24, 2.45) is 5.73 Å². The highest BCUT2D eigenvalue weighted by atomic mass is 35.5. The Morgan fingerprint density at radius 3 is 2.59 bits per heavy atom. The molecule has 0 bridgehead atoms. The van der Waals surface area contributed by atoms with Crippen molar-refractivity contribution in [2.75, 3.05) is 12.0 Å². The fourth-order valence-electron chi connectivity index (χ4n) is 1.57. The lowest BCUT2D eigenvalue weighted by molar-refractivity contribution is 0.588. The Morgan fingerprint density at radius 1 is 1.41 bits per heavy atom. The Hall–Kier alpha value is -0.580. The van der Waals surface area contributed by atoms with Crippen LogP contribution < -0.4 is 5.73 Å². The zero-order valence-electron chi connectivity index (χ0n) is 10.1. The minimum absolute atomic E-state index is 0.158. The van der Waals surface area contributed by atoms with Gasteiger partial charge in [0.1, 0.15) is 9.84 Å². The Morgan fingerprint density at radius 2 is 2.06 bits per heavy atom. The van der Waals surface area contributed by atoms with E-state index in [4.69, 9.17) is 17.3 Å². The summed E-state index contributed by atoms with van der Waals surface area (Å²) in [7, 11) is -2.90. The highest BCUT2D eigenvalue weighted by molar-refractivity contribution is 7.90. The number of sulfone groups is 1. The molecule has 17 heavy (non-hydrogen) atoms. The van der Waals surface area contributed by atoms with Crippen LogP contribution in [0.4, 0.5) is 0 Å². The van der Waals surface area contributed by atoms with Crippen molar-refractivity contribution in [1.29, 1.82) is 0 Å². The van der Waals surface area contributed by atoms with Gasteiger partial charge in [0.2, 0.25) is 0 Å². The Balaban J connectivity index is 2.58. The first-order valence-corrected chi connectivity index (χ1v) is 7.93. The average Bonchev–Trinajstić information content (AvgIpc) is 2.20. The molecule has 0 aliphatic rings. The monoisotopic (exact) mass is 275 g/mol. The first-order chi connectivity index (χ1) is 7.79. The lowest BCUT2D eigenvalue weighted by atomic mass is 10.0. The van der Waals surface area contributed by atoms with Crippen LogP contribution in [0.15, 0.2) is 18.2 Å². The maximum absolute atomic E-state index is 11.0. The van der Waals surface area contributed by atoms with E-state index in [2.05, 4.69) is 0 Å². The molecule has 1 unspecified atom stereocenters. The van der Waals surface area contributed by atoms with Crippen molar-refractivity contribution in [3.05, 3.63) is 34.3 Å². The Labute approximate surface area is 108 Å². The summed E-state index contributed by atoms with van der Waals surface area (Å²) >= 11 is 6.01. The molecule has 5 heteroatoms. The molecule has 1 aromatic carbocycles. The molecule has 0 heterocycles. The standard InChI is InChI=1S/C12H18ClNO2S/c1-9-5-6-10(8-11(9)13)12(14)4-3-7-17(2,15)16/h5-6,8,12H,3-4,7,14H2,1-2H3. The van der Waals surface area contributed by atoms with Gasteiger partial charge in [0, 0.05) is 23.1 Å². The van der Waals surface area contributed by atoms with Crippen LogP contribution in [0.5, 0.6) is 0 Å². The molecule has 96 valence electrons. The van der Waals surface area contributed by atoms with Crippen molar-refractivity contribution in [2.45, 2.75) is 25.8 Å². The van der Waals surface area contributed by atoms with E-state index < -0.39 is 9.84 Å². The Bertz CT molecular complexity index is 485. The molecule has 3 nitrogen and oxygen atoms in total. The number of benzene rings is 1. The third-order valence-corrected chi connectivity index (χ3v) is 4.09. The zero-order chi connectivity index (χ0) is 13.1. The zero-order valence-corrected chi connectivity index (χ0v) is 11.7. The molecule has 1 rings (SSSR count). The second-order valence-corrected chi connectivity index (χ2v) is 7.05. The molecule has 0 spiro atoms. The first kappa shape index (κ1) is 14.5. The minimum atomic E-state index is -2.90. The summed E-state index contributed by atoms with van der Waals surface area (Å²) in [6.07, 6.45) is 2.46. The third-order valence-electron chi connectivity index (χ3n) is 2.65. The largest absolute Gasteiger partial charge is 0.324 e. The fraction of sp³-hybridized carbons (Fsp3) is 0.500. The van der Waals surface area contributed by atoms with Gasteiger partial charge in [0.15, 0.2) is 0 Å². The van der Waals surface area contributed by atoms with Gasteiger partial charge in [-0.15, -0.1) is 0 Å². The number of aryl methyl sites for hydroxylation is 1. The quantitative estimate of drug-likeness (QED) is 0.898. The summed E-state index contributed by atoms with van der Waals surface area (Å²) < 4.78 is 22.0. The van der Waals surface area contributed by atoms with E-state index in [9.17, 15) is 8.42 Å². The molecular formula is C12H18ClNO2S. The minimum Gasteiger partial charge on any atom is -0.324 e. The van der Waals surface area contributed by atoms with Crippen LogP contribution in [-0.2, 0) is 9.84 Å². The molecule has 0 saturated heterocycles. The molecule has 0 amide bonds. The fourth-order valence-corrected chi connectivity index (χ4v) is 2.45. The van der Waals surface area contributed by atoms with E-state index in [1.54, 1.807) is 0 Å². The van der Waals surface area contributed by atoms with Crippen LogP contribution in [0.2, 0.25) is 5.02 Å². The predicted octanol–water partition coefficient (Wildman–Crippen LogP) is 2.47. The van der Waals surface area contributed by atoms with Gasteiger partial charge in [0.05, 0.1) is 0 Å². The van der Waals surface area contributed by atoms with Gasteiger partial charge in [-0.25, -0.2) is 8.42 Å². The summed E-state index contributed by atoms with van der Waals surface area (Å²) in [5.74, 6) is 0.181. The van der Waals surface area contributed by atoms with Gasteiger partial charge in [-0.05, 0) is 37.0 Å². The second-order valence-electron chi connectivity index (χ2n) is 4.39. The lowest BCUT2D eigenvalue weighted by Gasteiger charge is -2.12. The number of rotatable bonds is 5. The van der Waals surface area contributed by atoms with Crippen molar-refractivity contribution >= 4 is 21.4 Å². The van der Waals surface area contributed by atoms with E-state index in [-0.39, 0.29) is 11.8 Å². The molecule has 0 aliphatic heterocycles. The Kier molecular flexibility index (Phi) is 4.98. The highest BCUT2D eigenvalue weighted by Crippen LogP contribution is 2.22. The molecule has 0 aliphatic carbocycles. The van der Waals surface area contributed by atoms with Gasteiger partial charge >= 0.3 is 0 Å². The first-order valence-electron chi connectivity index (χ1n) is 5.49. The van der Waals surface area contributed by atoms with Gasteiger partial charge in [-0.2, -0.15) is 0 Å². The van der Waals surface area contributed by atoms with Crippen molar-refractivity contribution in [3.63, 3.8) is 0 Å². The molecule has 0 radical (unpaired) electrons. The van der Waals surface area contributed by atoms with Crippen LogP contribution in [0.25, 0.3) is 0 Å². The van der Waals surface area contributed by atoms with E-state index in [0.717, 1.165) is 11.1 Å². The van der Waals surface area contributed by atoms with Crippen LogP contribution in [0.3, 0.4) is 0 Å². The molecule has 1 aromatic rings. The van der Waals surface area contributed by atoms with Gasteiger partial charge in [-0.1, -0.05) is 23.7 Å². The predicted molar refractivity (Wildman–Crippen MR) is 72.1 cm³/mol. The van der Waals surface area contributed by atoms with E-state index >= 15 is 0 Å². The van der Waals surface area contributed by atoms with Crippen molar-refractivity contribution < 1.29 is 8.42 Å². The molecule has 0 fully saturated rings. The molecule has 0 saturated carbocycles. The molecule has 1 atom stereocenters. The maximum atomic E-state index is 11.0. The van der Waals surface area contributed by atoms with E-state index in [0.29, 0.717) is 17.9 Å². The lowest BCUT2D eigenvalue weighted by Crippen LogP contribution is -2.12. The second kappa shape index (κ2) is 5.85. The number of hydrogen-bond donors (Lipinski definition) is 1. The molecule has 0 aromatic heterocycles. The van der Waals surface area contributed by atoms with Crippen LogP contribution >= 0.6 is 11.6 Å². The molecular weight excluding hydrogens is 258 g/mol. The van der Waals surface area contributed by atoms with E-state index in [1.807, 2.05) is 25.1 Å². The summed E-state index contributed by atoms with van der Waals surface area (Å²) in [5.41, 5.74) is 7.96. The third kappa shape index (κ3) is 5.06. The summed E-state index contributed by atoms with van der Waals surface area (Å²) in [6.45, 7) is 1.93. The summed E-state index contributed by atoms with van der Waals surface area (Å²) in [5, 5.41) is 0.695. The van der Waals surface area contributed by atoms with Gasteiger partial charge < -0.3 is 5.73 Å². The van der Waals surface area contributed by atoms with Crippen LogP contribution in [0.1, 0.15) is 30.0 Å². The van der Waals surface area contributed by atoms with Crippen LogP contribution in [0, 0.1) is 6.92 Å². The average molecular weight is 276 g/mol. The normalized spacial score (nSPS) is 13.6. The number of nitrogens with two attached hydrogens (primary N) is 1. The highest BCUT2D eigenvalue weighted by Gasteiger charge is 2.09. The van der Waals surface area contributed by atoms with Crippen molar-refractivity contribution in [3.8, 4) is 0 Å². The van der Waals surface area contributed by atoms with Gasteiger partial charge in [0.25, 0.3) is 0 Å². The number of hydrogen-bond acceptors (Lipinski definition) is 3. The maximum Gasteiger partial charge on any atom is 0.147 e. The van der Waals surface area contributed by atoms with Crippen LogP contribution in [-0.4, -0.2) is 20.4 Å². The van der Waals surface area contributed by atoms with E-state index in [1.165, 1.54) is 6.26 Å². The molecule has 2 N–H and O–H groups in total. The SMILES string of the molecule is Cc1ccc(C(N)CCCS(C)(=O)=O)cc1Cl. The summed E-state index contributed by atoms with van der Waals surface area (Å²) in [6, 6.07) is 5.55.